The summed E-state index contributed by atoms with van der Waals surface area (Å²) in [5.41, 5.74) is 0. The second-order valence-corrected chi connectivity index (χ2v) is 3.55. The number of ether oxygens (including phenoxy) is 1. The van der Waals surface area contributed by atoms with Gasteiger partial charge in [0.25, 0.3) is 0 Å². The van der Waals surface area contributed by atoms with Crippen molar-refractivity contribution in [3.05, 3.63) is 9.34 Å². The molecule has 0 bridgehead atoms. The Morgan fingerprint density at radius 3 is 2.56 bits per heavy atom. The molecule has 0 aromatic carbocycles. The van der Waals surface area contributed by atoms with Crippen LogP contribution in [0.2, 0.25) is 0 Å². The molecule has 1 fully saturated rings. The Labute approximate surface area is 67.4 Å². The maximum Gasteiger partial charge on any atom is 0.311 e. The summed E-state index contributed by atoms with van der Waals surface area (Å²) in [6.07, 6.45) is 1.34. The lowest BCUT2D eigenvalue weighted by molar-refractivity contribution is -0.135. The monoisotopic (exact) mass is 238 g/mol. The highest BCUT2D eigenvalue weighted by atomic mass is 127. The smallest absolute Gasteiger partial charge is 0.311 e. The van der Waals surface area contributed by atoms with E-state index < -0.39 is 0 Å². The van der Waals surface area contributed by atoms with Gasteiger partial charge in [-0.2, -0.15) is 0 Å². The summed E-state index contributed by atoms with van der Waals surface area (Å²) in [5.74, 6) is 0.751. The minimum absolute atomic E-state index is 0.0963. The summed E-state index contributed by atoms with van der Waals surface area (Å²) in [6, 6.07) is 0. The Kier molecular flexibility index (Phi) is 2.10. The summed E-state index contributed by atoms with van der Waals surface area (Å²) in [7, 11) is 0. The van der Waals surface area contributed by atoms with E-state index in [4.69, 9.17) is 4.74 Å². The molecule has 0 saturated carbocycles. The molecule has 50 valence electrons. The van der Waals surface area contributed by atoms with Gasteiger partial charge >= 0.3 is 5.97 Å². The molecule has 0 N–H and O–H groups in total. The number of halogens is 1. The molecule has 0 atom stereocenters. The van der Waals surface area contributed by atoms with Gasteiger partial charge in [-0.3, -0.25) is 4.79 Å². The van der Waals surface area contributed by atoms with Gasteiger partial charge in [0.1, 0.15) is 5.76 Å². The molecule has 2 nitrogen and oxygen atoms in total. The molecule has 1 heterocycles. The number of rotatable bonds is 0. The highest BCUT2D eigenvalue weighted by Gasteiger charge is 2.17. The number of cyclic esters (lactones) is 1. The lowest BCUT2D eigenvalue weighted by Gasteiger charge is -1.94. The normalized spacial score (nSPS) is 24.0. The van der Waals surface area contributed by atoms with Crippen molar-refractivity contribution in [2.45, 2.75) is 19.8 Å². The summed E-state index contributed by atoms with van der Waals surface area (Å²) in [6.45, 7) is 1.94. The SMILES string of the molecule is C/C(I)=C1/CCC(=O)O1. The van der Waals surface area contributed by atoms with Gasteiger partial charge in [0, 0.05) is 10.0 Å². The number of hydrogen-bond acceptors (Lipinski definition) is 2. The minimum Gasteiger partial charge on any atom is -0.430 e. The minimum atomic E-state index is -0.0963. The Morgan fingerprint density at radius 1 is 1.67 bits per heavy atom. The first-order valence-corrected chi connectivity index (χ1v) is 3.84. The average molecular weight is 238 g/mol. The molecular formula is C6H7IO2. The van der Waals surface area contributed by atoms with Crippen molar-refractivity contribution in [1.82, 2.24) is 0 Å². The predicted octanol–water partition coefficient (Wildman–Crippen LogP) is 1.99. The van der Waals surface area contributed by atoms with Crippen molar-refractivity contribution in [3.8, 4) is 0 Å². The number of carbonyl (C=O) groups is 1. The van der Waals surface area contributed by atoms with Crippen molar-refractivity contribution in [3.63, 3.8) is 0 Å². The fourth-order valence-electron chi connectivity index (χ4n) is 0.698. The van der Waals surface area contributed by atoms with Gasteiger partial charge < -0.3 is 4.74 Å². The molecule has 1 rings (SSSR count). The lowest BCUT2D eigenvalue weighted by atomic mass is 10.3. The van der Waals surface area contributed by atoms with Crippen LogP contribution < -0.4 is 0 Å². The van der Waals surface area contributed by atoms with Crippen LogP contribution in [-0.2, 0) is 9.53 Å². The lowest BCUT2D eigenvalue weighted by Crippen LogP contribution is -1.89. The van der Waals surface area contributed by atoms with Gasteiger partial charge in [-0.25, -0.2) is 0 Å². The van der Waals surface area contributed by atoms with E-state index in [0.29, 0.717) is 6.42 Å². The van der Waals surface area contributed by atoms with Crippen molar-refractivity contribution in [1.29, 1.82) is 0 Å². The maximum atomic E-state index is 10.5. The first-order chi connectivity index (χ1) is 4.20. The zero-order chi connectivity index (χ0) is 6.85. The van der Waals surface area contributed by atoms with Gasteiger partial charge in [-0.15, -0.1) is 0 Å². The van der Waals surface area contributed by atoms with E-state index in [1.807, 2.05) is 6.92 Å². The van der Waals surface area contributed by atoms with Crippen molar-refractivity contribution in [2.24, 2.45) is 0 Å². The number of allylic oxidation sites excluding steroid dienone is 2. The van der Waals surface area contributed by atoms with E-state index in [-0.39, 0.29) is 5.97 Å². The van der Waals surface area contributed by atoms with E-state index in [0.717, 1.165) is 15.8 Å². The Morgan fingerprint density at radius 2 is 2.33 bits per heavy atom. The molecule has 0 unspecified atom stereocenters. The van der Waals surface area contributed by atoms with Crippen molar-refractivity contribution in [2.75, 3.05) is 0 Å². The Hall–Kier alpha value is -0.0600. The highest BCUT2D eigenvalue weighted by Crippen LogP contribution is 2.24. The zero-order valence-corrected chi connectivity index (χ0v) is 7.27. The molecule has 1 aliphatic heterocycles. The molecule has 9 heavy (non-hydrogen) atoms. The summed E-state index contributed by atoms with van der Waals surface area (Å²) >= 11 is 2.16. The third-order valence-corrected chi connectivity index (χ3v) is 1.78. The number of hydrogen-bond donors (Lipinski definition) is 0. The van der Waals surface area contributed by atoms with Crippen LogP contribution in [0, 0.1) is 0 Å². The molecule has 3 heteroatoms. The molecule has 0 aromatic heterocycles. The molecule has 0 spiro atoms. The molecule has 1 aliphatic rings. The van der Waals surface area contributed by atoms with Crippen LogP contribution in [-0.4, -0.2) is 5.97 Å². The number of carbonyl (C=O) groups excluding carboxylic acids is 1. The van der Waals surface area contributed by atoms with Crippen LogP contribution in [0.1, 0.15) is 19.8 Å². The highest BCUT2D eigenvalue weighted by molar-refractivity contribution is 14.1. The molecular weight excluding hydrogens is 231 g/mol. The van der Waals surface area contributed by atoms with E-state index in [1.54, 1.807) is 0 Å². The third-order valence-electron chi connectivity index (χ3n) is 1.18. The van der Waals surface area contributed by atoms with E-state index >= 15 is 0 Å². The van der Waals surface area contributed by atoms with Gasteiger partial charge in [-0.05, 0) is 29.5 Å². The maximum absolute atomic E-state index is 10.5. The molecule has 0 amide bonds. The van der Waals surface area contributed by atoms with Crippen molar-refractivity contribution < 1.29 is 9.53 Å². The molecule has 1 saturated heterocycles. The molecule has 0 aromatic rings. The summed E-state index contributed by atoms with van der Waals surface area (Å²) in [5, 5.41) is 0. The molecule has 0 aliphatic carbocycles. The van der Waals surface area contributed by atoms with E-state index in [2.05, 4.69) is 22.6 Å². The second-order valence-electron chi connectivity index (χ2n) is 1.93. The average Bonchev–Trinajstić information content (AvgIpc) is 2.14. The van der Waals surface area contributed by atoms with Crippen LogP contribution in [0.25, 0.3) is 0 Å². The zero-order valence-electron chi connectivity index (χ0n) is 5.11. The largest absolute Gasteiger partial charge is 0.430 e. The van der Waals surface area contributed by atoms with Gasteiger partial charge in [0.15, 0.2) is 0 Å². The first kappa shape index (κ1) is 7.05. The van der Waals surface area contributed by atoms with Crippen LogP contribution in [0.4, 0.5) is 0 Å². The van der Waals surface area contributed by atoms with Crippen LogP contribution in [0.3, 0.4) is 0 Å². The molecule has 0 radical (unpaired) electrons. The first-order valence-electron chi connectivity index (χ1n) is 2.76. The van der Waals surface area contributed by atoms with Crippen LogP contribution >= 0.6 is 22.6 Å². The summed E-state index contributed by atoms with van der Waals surface area (Å²) in [4.78, 5) is 10.5. The standard InChI is InChI=1S/C6H7IO2/c1-4(7)5-2-3-6(8)9-5/h2-3H2,1H3/b5-4+. The number of esters is 1. The van der Waals surface area contributed by atoms with Gasteiger partial charge in [-0.1, -0.05) is 0 Å². The Bertz CT molecular complexity index is 168. The van der Waals surface area contributed by atoms with Crippen LogP contribution in [0.15, 0.2) is 9.34 Å². The fourth-order valence-corrected chi connectivity index (χ4v) is 1.08. The predicted molar refractivity (Wildman–Crippen MR) is 42.0 cm³/mol. The Balaban J connectivity index is 2.69. The summed E-state index contributed by atoms with van der Waals surface area (Å²) < 4.78 is 5.94. The van der Waals surface area contributed by atoms with Gasteiger partial charge in [0.2, 0.25) is 0 Å². The van der Waals surface area contributed by atoms with Gasteiger partial charge in [0.05, 0.1) is 6.42 Å². The fraction of sp³-hybridized carbons (Fsp3) is 0.500. The third kappa shape index (κ3) is 1.67. The van der Waals surface area contributed by atoms with Crippen molar-refractivity contribution >= 4 is 28.6 Å². The quantitative estimate of drug-likeness (QED) is 0.476. The van der Waals surface area contributed by atoms with Crippen LogP contribution in [0.5, 0.6) is 0 Å². The topological polar surface area (TPSA) is 26.3 Å². The van der Waals surface area contributed by atoms with E-state index in [1.165, 1.54) is 0 Å². The second kappa shape index (κ2) is 2.68. The van der Waals surface area contributed by atoms with E-state index in [9.17, 15) is 4.79 Å².